The van der Waals surface area contributed by atoms with E-state index in [0.29, 0.717) is 37.6 Å². The van der Waals surface area contributed by atoms with E-state index in [9.17, 15) is 13.2 Å². The zero-order valence-electron chi connectivity index (χ0n) is 17.1. The fourth-order valence-corrected chi connectivity index (χ4v) is 6.28. The molecule has 0 atom stereocenters. The van der Waals surface area contributed by atoms with Crippen molar-refractivity contribution in [1.82, 2.24) is 19.0 Å². The van der Waals surface area contributed by atoms with Crippen molar-refractivity contribution in [3.05, 3.63) is 47.2 Å². The molecular weight excluding hydrogens is 424 g/mol. The number of benzene rings is 1. The molecule has 4 rings (SSSR count). The lowest BCUT2D eigenvalue weighted by molar-refractivity contribution is -0.137. The number of carbonyl (C=O) groups is 1. The Morgan fingerprint density at radius 3 is 2.37 bits per heavy atom. The number of carbonyl (C=O) groups excluding carboxylic acids is 1. The molecule has 1 aliphatic carbocycles. The second-order valence-electron chi connectivity index (χ2n) is 8.20. The Bertz CT molecular complexity index is 1010. The predicted octanol–water partition coefficient (Wildman–Crippen LogP) is 2.81. The molecule has 0 unspecified atom stereocenters. The zero-order valence-corrected chi connectivity index (χ0v) is 18.7. The minimum atomic E-state index is -3.61. The van der Waals surface area contributed by atoms with Gasteiger partial charge in [0.05, 0.1) is 11.6 Å². The van der Waals surface area contributed by atoms with Crippen LogP contribution in [0.3, 0.4) is 0 Å². The Morgan fingerprint density at radius 2 is 1.73 bits per heavy atom. The molecule has 1 aromatic carbocycles. The first-order chi connectivity index (χ1) is 14.3. The third kappa shape index (κ3) is 3.88. The molecule has 0 bridgehead atoms. The maximum atomic E-state index is 13.7. The van der Waals surface area contributed by atoms with Crippen molar-refractivity contribution in [2.75, 3.05) is 26.2 Å². The van der Waals surface area contributed by atoms with Crippen molar-refractivity contribution in [2.24, 2.45) is 7.05 Å². The Hall–Kier alpha value is -1.90. The summed E-state index contributed by atoms with van der Waals surface area (Å²) in [5.74, 6) is 0.114. The molecule has 1 saturated carbocycles. The Balaban J connectivity index is 1.53. The summed E-state index contributed by atoms with van der Waals surface area (Å²) in [4.78, 5) is 15.8. The van der Waals surface area contributed by atoms with Crippen LogP contribution < -0.4 is 0 Å². The average Bonchev–Trinajstić information content (AvgIpc) is 3.32. The Morgan fingerprint density at radius 1 is 1.03 bits per heavy atom. The van der Waals surface area contributed by atoms with Crippen molar-refractivity contribution in [1.29, 1.82) is 0 Å². The van der Waals surface area contributed by atoms with Gasteiger partial charge in [0.1, 0.15) is 4.90 Å². The SMILES string of the molecule is Cn1cc(S(=O)(=O)N2CCCN(C(=O)C3(c4ccc(Cl)cc4)CCCC3)CC2)cn1. The summed E-state index contributed by atoms with van der Waals surface area (Å²) in [5.41, 5.74) is 0.487. The van der Waals surface area contributed by atoms with Gasteiger partial charge < -0.3 is 4.90 Å². The Kier molecular flexibility index (Phi) is 5.92. The molecular formula is C21H27ClN4O3S. The van der Waals surface area contributed by atoms with Gasteiger partial charge in [-0.3, -0.25) is 9.48 Å². The normalized spacial score (nSPS) is 20.3. The number of amides is 1. The molecule has 2 fully saturated rings. The van der Waals surface area contributed by atoms with Gasteiger partial charge in [-0.05, 0) is 37.0 Å². The summed E-state index contributed by atoms with van der Waals surface area (Å²) in [5, 5.41) is 4.64. The highest BCUT2D eigenvalue weighted by Gasteiger charge is 2.45. The van der Waals surface area contributed by atoms with E-state index in [1.54, 1.807) is 7.05 Å². The molecule has 162 valence electrons. The van der Waals surface area contributed by atoms with Crippen molar-refractivity contribution in [2.45, 2.75) is 42.4 Å². The largest absolute Gasteiger partial charge is 0.341 e. The van der Waals surface area contributed by atoms with E-state index >= 15 is 0 Å². The van der Waals surface area contributed by atoms with Gasteiger partial charge in [0.15, 0.2) is 0 Å². The molecule has 2 aliphatic rings. The lowest BCUT2D eigenvalue weighted by Crippen LogP contribution is -2.47. The van der Waals surface area contributed by atoms with Gasteiger partial charge >= 0.3 is 0 Å². The maximum absolute atomic E-state index is 13.7. The number of sulfonamides is 1. The number of hydrogen-bond donors (Lipinski definition) is 0. The predicted molar refractivity (Wildman–Crippen MR) is 115 cm³/mol. The van der Waals surface area contributed by atoms with Crippen molar-refractivity contribution < 1.29 is 13.2 Å². The molecule has 0 radical (unpaired) electrons. The molecule has 2 heterocycles. The molecule has 2 aromatic rings. The maximum Gasteiger partial charge on any atom is 0.246 e. The van der Waals surface area contributed by atoms with Crippen molar-refractivity contribution in [3.63, 3.8) is 0 Å². The number of nitrogens with zero attached hydrogens (tertiary/aromatic N) is 4. The van der Waals surface area contributed by atoms with Crippen LogP contribution in [0.25, 0.3) is 0 Å². The Labute approximate surface area is 182 Å². The molecule has 30 heavy (non-hydrogen) atoms. The summed E-state index contributed by atoms with van der Waals surface area (Å²) >= 11 is 6.06. The topological polar surface area (TPSA) is 75.5 Å². The van der Waals surface area contributed by atoms with Gasteiger partial charge in [0, 0.05) is 44.4 Å². The van der Waals surface area contributed by atoms with Gasteiger partial charge in [-0.25, -0.2) is 8.42 Å². The van der Waals surface area contributed by atoms with E-state index < -0.39 is 15.4 Å². The number of hydrogen-bond acceptors (Lipinski definition) is 4. The van der Waals surface area contributed by atoms with Crippen LogP contribution in [0, 0.1) is 0 Å². The third-order valence-electron chi connectivity index (χ3n) is 6.32. The van der Waals surface area contributed by atoms with Crippen LogP contribution in [0.2, 0.25) is 5.02 Å². The summed E-state index contributed by atoms with van der Waals surface area (Å²) in [7, 11) is -1.91. The van der Waals surface area contributed by atoms with E-state index in [0.717, 1.165) is 31.2 Å². The van der Waals surface area contributed by atoms with Gasteiger partial charge in [0.2, 0.25) is 15.9 Å². The minimum absolute atomic E-state index is 0.114. The standard InChI is InChI=1S/C21H27ClN4O3S/c1-24-16-19(15-23-24)30(28,29)26-12-4-11-25(13-14-26)20(27)21(9-2-3-10-21)17-5-7-18(22)8-6-17/h5-8,15-16H,2-4,9-14H2,1H3. The van der Waals surface area contributed by atoms with E-state index in [1.165, 1.54) is 21.4 Å². The molecule has 1 aliphatic heterocycles. The van der Waals surface area contributed by atoms with Crippen LogP contribution in [0.4, 0.5) is 0 Å². The lowest BCUT2D eigenvalue weighted by atomic mass is 9.77. The molecule has 0 N–H and O–H groups in total. The van der Waals surface area contributed by atoms with Crippen molar-refractivity contribution >= 4 is 27.5 Å². The highest BCUT2D eigenvalue weighted by atomic mass is 35.5. The number of aryl methyl sites for hydroxylation is 1. The number of halogens is 1. The van der Waals surface area contributed by atoms with Gasteiger partial charge in [0.25, 0.3) is 0 Å². The number of rotatable bonds is 4. The second-order valence-corrected chi connectivity index (χ2v) is 10.6. The fraction of sp³-hybridized carbons (Fsp3) is 0.524. The quantitative estimate of drug-likeness (QED) is 0.717. The monoisotopic (exact) mass is 450 g/mol. The molecule has 0 spiro atoms. The van der Waals surface area contributed by atoms with Gasteiger partial charge in [-0.2, -0.15) is 9.40 Å². The molecule has 1 aromatic heterocycles. The minimum Gasteiger partial charge on any atom is -0.341 e. The summed E-state index contributed by atoms with van der Waals surface area (Å²) in [6.07, 6.45) is 7.17. The van der Waals surface area contributed by atoms with E-state index in [4.69, 9.17) is 11.6 Å². The highest BCUT2D eigenvalue weighted by molar-refractivity contribution is 7.89. The van der Waals surface area contributed by atoms with Crippen LogP contribution in [0.1, 0.15) is 37.7 Å². The fourth-order valence-electron chi connectivity index (χ4n) is 4.69. The highest BCUT2D eigenvalue weighted by Crippen LogP contribution is 2.43. The van der Waals surface area contributed by atoms with E-state index in [2.05, 4.69) is 5.10 Å². The van der Waals surface area contributed by atoms with E-state index in [1.807, 2.05) is 29.2 Å². The molecule has 1 amide bonds. The van der Waals surface area contributed by atoms with Gasteiger partial charge in [-0.1, -0.05) is 36.6 Å². The zero-order chi connectivity index (χ0) is 21.4. The number of aromatic nitrogens is 2. The van der Waals surface area contributed by atoms with Gasteiger partial charge in [-0.15, -0.1) is 0 Å². The smallest absolute Gasteiger partial charge is 0.246 e. The summed E-state index contributed by atoms with van der Waals surface area (Å²) < 4.78 is 28.9. The lowest BCUT2D eigenvalue weighted by Gasteiger charge is -2.34. The first kappa shape index (κ1) is 21.3. The van der Waals surface area contributed by atoms with Crippen LogP contribution in [-0.4, -0.2) is 59.5 Å². The summed E-state index contributed by atoms with van der Waals surface area (Å²) in [6.45, 7) is 1.65. The van der Waals surface area contributed by atoms with Crippen molar-refractivity contribution in [3.8, 4) is 0 Å². The van der Waals surface area contributed by atoms with Crippen LogP contribution >= 0.6 is 11.6 Å². The summed E-state index contributed by atoms with van der Waals surface area (Å²) in [6, 6.07) is 7.61. The van der Waals surface area contributed by atoms with E-state index in [-0.39, 0.29) is 10.8 Å². The van der Waals surface area contributed by atoms with Crippen LogP contribution in [-0.2, 0) is 27.3 Å². The third-order valence-corrected chi connectivity index (χ3v) is 8.43. The van der Waals surface area contributed by atoms with Crippen LogP contribution in [0.5, 0.6) is 0 Å². The first-order valence-electron chi connectivity index (χ1n) is 10.4. The second kappa shape index (κ2) is 8.32. The first-order valence-corrected chi connectivity index (χ1v) is 12.2. The molecule has 1 saturated heterocycles. The molecule has 7 nitrogen and oxygen atoms in total. The average molecular weight is 451 g/mol. The molecule has 9 heteroatoms. The van der Waals surface area contributed by atoms with Crippen LogP contribution in [0.15, 0.2) is 41.6 Å².